The maximum Gasteiger partial charge on any atom is 0.326 e. The molecule has 0 aliphatic carbocycles. The van der Waals surface area contributed by atoms with E-state index in [2.05, 4.69) is 16.0 Å². The largest absolute Gasteiger partial charge is 0.480 e. The highest BCUT2D eigenvalue weighted by atomic mass is 16.4. The Balaban J connectivity index is 4.62. The quantitative estimate of drug-likeness (QED) is 0.162. The molecule has 0 fully saturated rings. The molecule has 10 N–H and O–H groups in total. The molecule has 0 aliphatic heterocycles. The van der Waals surface area contributed by atoms with Crippen LogP contribution in [0.1, 0.15) is 12.8 Å². The number of aliphatic hydroxyl groups is 2. The molecule has 13 heteroatoms. The SMILES string of the molecule is NC(=O)CCC(NC(=O)C(CO)NC(=O)CNC(=O)C(N)CO)C(=O)O. The monoisotopic (exact) mass is 377 g/mol. The summed E-state index contributed by atoms with van der Waals surface area (Å²) < 4.78 is 0. The number of hydrogen-bond donors (Lipinski definition) is 8. The number of hydrogen-bond acceptors (Lipinski definition) is 8. The number of nitrogens with one attached hydrogen (secondary N) is 3. The fourth-order valence-corrected chi connectivity index (χ4v) is 1.64. The van der Waals surface area contributed by atoms with E-state index in [1.807, 2.05) is 0 Å². The lowest BCUT2D eigenvalue weighted by Crippen LogP contribution is -2.55. The lowest BCUT2D eigenvalue weighted by atomic mass is 10.1. The smallest absolute Gasteiger partial charge is 0.326 e. The molecule has 0 heterocycles. The van der Waals surface area contributed by atoms with E-state index in [1.165, 1.54) is 0 Å². The highest BCUT2D eigenvalue weighted by Crippen LogP contribution is 1.98. The Labute approximate surface area is 148 Å². The highest BCUT2D eigenvalue weighted by molar-refractivity contribution is 5.92. The van der Waals surface area contributed by atoms with Crippen LogP contribution in [0.25, 0.3) is 0 Å². The molecule has 0 radical (unpaired) electrons. The van der Waals surface area contributed by atoms with Crippen LogP contribution in [0.5, 0.6) is 0 Å². The van der Waals surface area contributed by atoms with Crippen LogP contribution in [-0.2, 0) is 24.0 Å². The zero-order valence-corrected chi connectivity index (χ0v) is 13.8. The van der Waals surface area contributed by atoms with Crippen molar-refractivity contribution in [3.63, 3.8) is 0 Å². The van der Waals surface area contributed by atoms with Crippen molar-refractivity contribution in [3.8, 4) is 0 Å². The van der Waals surface area contributed by atoms with Crippen molar-refractivity contribution >= 4 is 29.6 Å². The summed E-state index contributed by atoms with van der Waals surface area (Å²) in [6.45, 7) is -2.05. The Morgan fingerprint density at radius 1 is 0.923 bits per heavy atom. The highest BCUT2D eigenvalue weighted by Gasteiger charge is 2.26. The number of nitrogens with two attached hydrogens (primary N) is 2. The average molecular weight is 377 g/mol. The molecule has 13 nitrogen and oxygen atoms in total. The molecule has 3 unspecified atom stereocenters. The summed E-state index contributed by atoms with van der Waals surface area (Å²) in [5, 5.41) is 33.1. The second-order valence-corrected chi connectivity index (χ2v) is 5.21. The minimum absolute atomic E-state index is 0.266. The van der Waals surface area contributed by atoms with Crippen LogP contribution in [0.2, 0.25) is 0 Å². The molecule has 0 spiro atoms. The second kappa shape index (κ2) is 11.7. The first-order valence-corrected chi connectivity index (χ1v) is 7.48. The molecule has 0 aromatic heterocycles. The Bertz CT molecular complexity index is 541. The third-order valence-corrected chi connectivity index (χ3v) is 3.08. The summed E-state index contributed by atoms with van der Waals surface area (Å²) in [6, 6.07) is -4.15. The van der Waals surface area contributed by atoms with E-state index in [9.17, 15) is 29.1 Å². The molecule has 0 rings (SSSR count). The standard InChI is InChI=1S/C13H23N5O8/c14-6(4-19)11(23)16-3-10(22)17-8(5-20)12(24)18-7(13(25)26)1-2-9(15)21/h6-8,19-20H,1-5,14H2,(H2,15,21)(H,16,23)(H,17,22)(H,18,24)(H,25,26). The lowest BCUT2D eigenvalue weighted by molar-refractivity contribution is -0.142. The van der Waals surface area contributed by atoms with Gasteiger partial charge in [-0.2, -0.15) is 0 Å². The van der Waals surface area contributed by atoms with E-state index in [0.29, 0.717) is 0 Å². The summed E-state index contributed by atoms with van der Waals surface area (Å²) in [4.78, 5) is 56.7. The average Bonchev–Trinajstić information content (AvgIpc) is 2.59. The number of rotatable bonds is 12. The molecule has 4 amide bonds. The van der Waals surface area contributed by atoms with Crippen LogP contribution >= 0.6 is 0 Å². The number of carbonyl (C=O) groups excluding carboxylic acids is 4. The number of primary amides is 1. The summed E-state index contributed by atoms with van der Waals surface area (Å²) in [7, 11) is 0. The van der Waals surface area contributed by atoms with Gasteiger partial charge in [-0.3, -0.25) is 19.2 Å². The van der Waals surface area contributed by atoms with Crippen LogP contribution < -0.4 is 27.4 Å². The molecule has 0 aromatic carbocycles. The van der Waals surface area contributed by atoms with Crippen molar-refractivity contribution in [1.82, 2.24) is 16.0 Å². The van der Waals surface area contributed by atoms with E-state index in [1.54, 1.807) is 0 Å². The Morgan fingerprint density at radius 2 is 1.54 bits per heavy atom. The van der Waals surface area contributed by atoms with E-state index >= 15 is 0 Å². The van der Waals surface area contributed by atoms with Gasteiger partial charge in [0.1, 0.15) is 18.1 Å². The van der Waals surface area contributed by atoms with Crippen LogP contribution in [-0.4, -0.2) is 82.8 Å². The molecule has 3 atom stereocenters. The molecular weight excluding hydrogens is 354 g/mol. The van der Waals surface area contributed by atoms with Gasteiger partial charge in [-0.05, 0) is 6.42 Å². The maximum atomic E-state index is 12.0. The molecular formula is C13H23N5O8. The van der Waals surface area contributed by atoms with E-state index in [0.717, 1.165) is 0 Å². The van der Waals surface area contributed by atoms with Gasteiger partial charge in [0, 0.05) is 6.42 Å². The van der Waals surface area contributed by atoms with Crippen LogP contribution in [0.4, 0.5) is 0 Å². The van der Waals surface area contributed by atoms with Crippen molar-refractivity contribution in [2.24, 2.45) is 11.5 Å². The van der Waals surface area contributed by atoms with E-state index in [-0.39, 0.29) is 12.8 Å². The minimum Gasteiger partial charge on any atom is -0.480 e. The fraction of sp³-hybridized carbons (Fsp3) is 0.615. The zero-order valence-electron chi connectivity index (χ0n) is 13.8. The Morgan fingerprint density at radius 3 is 2.00 bits per heavy atom. The summed E-state index contributed by atoms with van der Waals surface area (Å²) >= 11 is 0. The Hall–Kier alpha value is -2.77. The Kier molecular flexibility index (Phi) is 10.5. The maximum absolute atomic E-state index is 12.0. The molecule has 26 heavy (non-hydrogen) atoms. The molecule has 0 saturated heterocycles. The first-order valence-electron chi connectivity index (χ1n) is 7.48. The van der Waals surface area contributed by atoms with Crippen molar-refractivity contribution in [2.45, 2.75) is 31.0 Å². The topological polar surface area (TPSA) is 234 Å². The number of amides is 4. The fourth-order valence-electron chi connectivity index (χ4n) is 1.64. The van der Waals surface area contributed by atoms with Gasteiger partial charge in [-0.15, -0.1) is 0 Å². The van der Waals surface area contributed by atoms with Crippen molar-refractivity contribution in [3.05, 3.63) is 0 Å². The number of aliphatic hydroxyl groups excluding tert-OH is 2. The predicted octanol–water partition coefficient (Wildman–Crippen LogP) is -5.27. The molecule has 0 bridgehead atoms. The van der Waals surface area contributed by atoms with Gasteiger partial charge in [0.05, 0.1) is 19.8 Å². The summed E-state index contributed by atoms with van der Waals surface area (Å²) in [6.07, 6.45) is -0.553. The van der Waals surface area contributed by atoms with Gasteiger partial charge in [0.2, 0.25) is 23.6 Å². The normalized spacial score (nSPS) is 13.8. The number of carboxylic acid groups (broad SMARTS) is 1. The number of carboxylic acids is 1. The zero-order chi connectivity index (χ0) is 20.3. The number of aliphatic carboxylic acids is 1. The van der Waals surface area contributed by atoms with Gasteiger partial charge in [-0.1, -0.05) is 0 Å². The van der Waals surface area contributed by atoms with Crippen LogP contribution in [0.15, 0.2) is 0 Å². The van der Waals surface area contributed by atoms with Crippen LogP contribution in [0, 0.1) is 0 Å². The first kappa shape index (κ1) is 23.2. The van der Waals surface area contributed by atoms with E-state index < -0.39 is 67.5 Å². The van der Waals surface area contributed by atoms with Crippen molar-refractivity contribution in [2.75, 3.05) is 19.8 Å². The summed E-state index contributed by atoms with van der Waals surface area (Å²) in [5.41, 5.74) is 10.1. The third-order valence-electron chi connectivity index (χ3n) is 3.08. The second-order valence-electron chi connectivity index (χ2n) is 5.21. The minimum atomic E-state index is -1.48. The van der Waals surface area contributed by atoms with Gasteiger partial charge in [-0.25, -0.2) is 4.79 Å². The molecule has 0 aromatic rings. The number of carbonyl (C=O) groups is 5. The molecule has 0 saturated carbocycles. The van der Waals surface area contributed by atoms with Gasteiger partial charge >= 0.3 is 5.97 Å². The van der Waals surface area contributed by atoms with Crippen LogP contribution in [0.3, 0.4) is 0 Å². The van der Waals surface area contributed by atoms with Gasteiger partial charge < -0.3 is 42.7 Å². The van der Waals surface area contributed by atoms with Gasteiger partial charge in [0.15, 0.2) is 0 Å². The third kappa shape index (κ3) is 8.91. The molecule has 148 valence electrons. The van der Waals surface area contributed by atoms with Crippen molar-refractivity contribution < 1.29 is 39.3 Å². The van der Waals surface area contributed by atoms with E-state index in [4.69, 9.17) is 21.7 Å². The summed E-state index contributed by atoms with van der Waals surface area (Å²) in [5.74, 6) is -4.84. The lowest BCUT2D eigenvalue weighted by Gasteiger charge is -2.20. The molecule has 0 aliphatic rings. The van der Waals surface area contributed by atoms with Gasteiger partial charge in [0.25, 0.3) is 0 Å². The predicted molar refractivity (Wildman–Crippen MR) is 85.1 cm³/mol. The van der Waals surface area contributed by atoms with Crippen molar-refractivity contribution in [1.29, 1.82) is 0 Å². The first-order chi connectivity index (χ1) is 12.1.